The molecule has 3 unspecified atom stereocenters. The number of hydrogen-bond donors (Lipinski definition) is 0. The molecular weight excluding hydrogens is 418 g/mol. The molecule has 7 nitrogen and oxygen atoms in total. The van der Waals surface area contributed by atoms with Gasteiger partial charge in [-0.25, -0.2) is 24.4 Å². The van der Waals surface area contributed by atoms with E-state index in [1.165, 1.54) is 0 Å². The van der Waals surface area contributed by atoms with E-state index in [1.807, 2.05) is 48.5 Å². The Hall–Kier alpha value is -1.25. The summed E-state index contributed by atoms with van der Waals surface area (Å²) in [6.45, 7) is 22.6. The highest BCUT2D eigenvalue weighted by atomic mass is 29.6. The van der Waals surface area contributed by atoms with Crippen LogP contribution < -0.4 is 0 Å². The van der Waals surface area contributed by atoms with Gasteiger partial charge in [0, 0.05) is 0 Å². The monoisotopic (exact) mass is 453 g/mol. The summed E-state index contributed by atoms with van der Waals surface area (Å²) in [5, 5.41) is -1.33. The van der Waals surface area contributed by atoms with Gasteiger partial charge in [0.1, 0.15) is 0 Å². The Labute approximate surface area is 176 Å². The van der Waals surface area contributed by atoms with Gasteiger partial charge >= 0.3 is 0 Å². The molecule has 0 radical (unpaired) electrons. The molecule has 1 rings (SSSR count). The zero-order chi connectivity index (χ0) is 23.2. The summed E-state index contributed by atoms with van der Waals surface area (Å²) < 4.78 is 7.03. The average molecular weight is 454 g/mol. The third-order valence-corrected chi connectivity index (χ3v) is 50.3. The van der Waals surface area contributed by atoms with E-state index in [9.17, 15) is 14.4 Å². The second-order valence-corrected chi connectivity index (χ2v) is 36.9. The summed E-state index contributed by atoms with van der Waals surface area (Å²) in [7, 11) is -7.43. The van der Waals surface area contributed by atoms with Gasteiger partial charge in [0.2, 0.25) is 26.1 Å². The molecule has 0 aromatic rings. The van der Waals surface area contributed by atoms with Crippen molar-refractivity contribution in [3.63, 3.8) is 0 Å². The maximum Gasteiger partial charge on any atom is 0.235 e. The van der Waals surface area contributed by atoms with Crippen LogP contribution in [-0.2, 0) is 18.8 Å². The smallest absolute Gasteiger partial charge is 0.235 e. The summed E-state index contributed by atoms with van der Waals surface area (Å²) in [5.41, 5.74) is -1.63. The van der Waals surface area contributed by atoms with Gasteiger partial charge in [0.15, 0.2) is 0 Å². The van der Waals surface area contributed by atoms with Gasteiger partial charge in [-0.3, -0.25) is 0 Å². The molecule has 1 aliphatic heterocycles. The third kappa shape index (κ3) is 3.57. The molecule has 0 N–H and O–H groups in total. The van der Waals surface area contributed by atoms with Crippen molar-refractivity contribution in [1.29, 1.82) is 0 Å². The number of rotatable bonds is 6. The molecule has 1 heterocycles. The van der Waals surface area contributed by atoms with Crippen LogP contribution in [0, 0.1) is 0 Å². The van der Waals surface area contributed by atoms with Gasteiger partial charge in [0.05, 0.1) is 36.2 Å². The Bertz CT molecular complexity index is 775. The lowest BCUT2D eigenvalue weighted by Gasteiger charge is -2.67. The number of hydrogen-bond acceptors (Lipinski definition) is 7. The van der Waals surface area contributed by atoms with Crippen LogP contribution in [0.1, 0.15) is 48.5 Å². The van der Waals surface area contributed by atoms with Crippen LogP contribution in [0.25, 0.3) is 0 Å². The van der Waals surface area contributed by atoms with E-state index >= 15 is 0 Å². The Morgan fingerprint density at radius 2 is 1.21 bits per heavy atom. The minimum atomic E-state index is -2.77. The third-order valence-electron chi connectivity index (χ3n) is 8.48. The van der Waals surface area contributed by atoms with E-state index in [4.69, 9.17) is 4.43 Å². The average Bonchev–Trinajstić information content (AvgIpc) is 2.52. The Morgan fingerprint density at radius 3 is 1.62 bits per heavy atom. The summed E-state index contributed by atoms with van der Waals surface area (Å²) >= 11 is 0. The molecule has 29 heavy (non-hydrogen) atoms. The lowest BCUT2D eigenvalue weighted by atomic mass is 9.86. The van der Waals surface area contributed by atoms with Crippen molar-refractivity contribution in [2.75, 3.05) is 0 Å². The van der Waals surface area contributed by atoms with Crippen LogP contribution in [0.4, 0.5) is 0 Å². The summed E-state index contributed by atoms with van der Waals surface area (Å²) in [4.78, 5) is 46.4. The number of aliphatic imine (C=N–C) groups is 3. The fourth-order valence-corrected chi connectivity index (χ4v) is 46.9. The van der Waals surface area contributed by atoms with Crippen LogP contribution in [0.5, 0.6) is 0 Å². The predicted octanol–water partition coefficient (Wildman–Crippen LogP) is 3.72. The van der Waals surface area contributed by atoms with E-state index in [2.05, 4.69) is 41.2 Å². The lowest BCUT2D eigenvalue weighted by Crippen LogP contribution is -2.90. The Kier molecular flexibility index (Phi) is 6.64. The summed E-state index contributed by atoms with van der Waals surface area (Å²) in [6.07, 6.45) is 5.23. The van der Waals surface area contributed by atoms with Gasteiger partial charge in [-0.2, -0.15) is 4.99 Å². The zero-order valence-electron chi connectivity index (χ0n) is 19.7. The van der Waals surface area contributed by atoms with E-state index in [1.54, 1.807) is 18.2 Å². The molecule has 162 valence electrons. The van der Waals surface area contributed by atoms with E-state index < -0.39 is 44.0 Å². The topological polar surface area (TPSA) is 97.5 Å². The number of isocyanates is 3. The fourth-order valence-electron chi connectivity index (χ4n) is 4.94. The maximum absolute atomic E-state index is 11.3. The molecule has 10 heteroatoms. The minimum Gasteiger partial charge on any atom is -0.410 e. The first-order valence-corrected chi connectivity index (χ1v) is 19.9. The molecule has 0 bridgehead atoms. The molecule has 0 amide bonds. The molecule has 0 aromatic carbocycles. The molecule has 0 aliphatic carbocycles. The molecule has 1 fully saturated rings. The lowest BCUT2D eigenvalue weighted by molar-refractivity contribution is 0.0269. The fraction of sp³-hybridized carbons (Fsp3) is 0.842. The largest absolute Gasteiger partial charge is 0.410 e. The zero-order valence-corrected chi connectivity index (χ0v) is 22.7. The Morgan fingerprint density at radius 1 is 0.793 bits per heavy atom. The SMILES string of the molecule is CC(C)(N=C=O)C1(C)C[Si](C)(C(C)(C)N=C=O)[Si](C)(C)[Si](C)(C(C)(C)N=C=O)O1. The van der Waals surface area contributed by atoms with Crippen molar-refractivity contribution in [1.82, 2.24) is 0 Å². The number of nitrogens with zero attached hydrogens (tertiary/aromatic N) is 3. The van der Waals surface area contributed by atoms with Gasteiger partial charge < -0.3 is 4.43 Å². The predicted molar refractivity (Wildman–Crippen MR) is 122 cm³/mol. The second-order valence-electron chi connectivity index (χ2n) is 10.8. The summed E-state index contributed by atoms with van der Waals surface area (Å²) in [5.74, 6) is 0. The molecule has 1 saturated heterocycles. The van der Waals surface area contributed by atoms with Crippen LogP contribution in [-0.4, -0.2) is 62.2 Å². The van der Waals surface area contributed by atoms with Crippen LogP contribution in [0.15, 0.2) is 15.0 Å². The quantitative estimate of drug-likeness (QED) is 0.348. The number of carbonyl (C=O) groups excluding carboxylic acids is 3. The normalized spacial score (nSPS) is 32.4. The highest BCUT2D eigenvalue weighted by Crippen LogP contribution is 2.55. The minimum absolute atomic E-state index is 0.592. The first kappa shape index (κ1) is 25.8. The highest BCUT2D eigenvalue weighted by Gasteiger charge is 2.75. The standard InChI is InChI=1S/C19H35N3O4Si3/c1-16(2,20-13-23)19(7)12-28(10,17(3,4)21-14-24)27(8,9)29(11,26-19)18(5,6)22-15-25/h12H2,1-11H3. The summed E-state index contributed by atoms with van der Waals surface area (Å²) in [6, 6.07) is 0.680. The van der Waals surface area contributed by atoms with Crippen molar-refractivity contribution in [2.45, 2.75) is 102 Å². The molecule has 1 aliphatic rings. The molecule has 3 atom stereocenters. The molecule has 0 spiro atoms. The van der Waals surface area contributed by atoms with Crippen molar-refractivity contribution in [3.05, 3.63) is 0 Å². The maximum atomic E-state index is 11.3. The van der Waals surface area contributed by atoms with Gasteiger partial charge in [-0.05, 0) is 61.1 Å². The van der Waals surface area contributed by atoms with Gasteiger partial charge in [0.25, 0.3) is 0 Å². The molecular formula is C19H35N3O4Si3. The van der Waals surface area contributed by atoms with Crippen molar-refractivity contribution in [3.8, 4) is 0 Å². The van der Waals surface area contributed by atoms with Crippen LogP contribution in [0.3, 0.4) is 0 Å². The van der Waals surface area contributed by atoms with Crippen molar-refractivity contribution >= 4 is 40.8 Å². The van der Waals surface area contributed by atoms with Crippen molar-refractivity contribution < 1.29 is 18.8 Å². The molecule has 0 aromatic heterocycles. The van der Waals surface area contributed by atoms with Crippen LogP contribution >= 0.6 is 0 Å². The van der Waals surface area contributed by atoms with E-state index in [0.29, 0.717) is 6.04 Å². The highest BCUT2D eigenvalue weighted by molar-refractivity contribution is 7.69. The first-order chi connectivity index (χ1) is 12.8. The van der Waals surface area contributed by atoms with E-state index in [-0.39, 0.29) is 0 Å². The Balaban J connectivity index is 4.05. The van der Waals surface area contributed by atoms with Crippen molar-refractivity contribution in [2.24, 2.45) is 15.0 Å². The van der Waals surface area contributed by atoms with Crippen LogP contribution in [0.2, 0.25) is 32.2 Å². The second kappa shape index (κ2) is 7.46. The first-order valence-electron chi connectivity index (χ1n) is 9.82. The van der Waals surface area contributed by atoms with Gasteiger partial charge in [-0.1, -0.05) is 19.6 Å². The van der Waals surface area contributed by atoms with Gasteiger partial charge in [-0.15, -0.1) is 0 Å². The molecule has 0 saturated carbocycles. The van der Waals surface area contributed by atoms with E-state index in [0.717, 1.165) is 0 Å².